The summed E-state index contributed by atoms with van der Waals surface area (Å²) in [6, 6.07) is 6.81. The fourth-order valence-electron chi connectivity index (χ4n) is 1.86. The molecule has 1 aliphatic carbocycles. The zero-order chi connectivity index (χ0) is 12.4. The van der Waals surface area contributed by atoms with Crippen molar-refractivity contribution in [2.45, 2.75) is 25.4 Å². The number of rotatable bonds is 4. The second-order valence-electron chi connectivity index (χ2n) is 4.56. The largest absolute Gasteiger partial charge is 0.310 e. The molecule has 1 heterocycles. The minimum atomic E-state index is 0.712. The molecule has 0 radical (unpaired) electrons. The second kappa shape index (κ2) is 5.04. The fraction of sp³-hybridized carbons (Fsp3) is 0.286. The van der Waals surface area contributed by atoms with Crippen molar-refractivity contribution in [3.05, 3.63) is 47.4 Å². The summed E-state index contributed by atoms with van der Waals surface area (Å²) in [6.07, 6.45) is 7.65. The maximum absolute atomic E-state index is 6.30. The van der Waals surface area contributed by atoms with Gasteiger partial charge in [0.15, 0.2) is 0 Å². The third kappa shape index (κ3) is 2.68. The predicted molar refractivity (Wildman–Crippen MR) is 72.3 cm³/mol. The minimum Gasteiger partial charge on any atom is -0.310 e. The van der Waals surface area contributed by atoms with Gasteiger partial charge in [0.1, 0.15) is 0 Å². The van der Waals surface area contributed by atoms with E-state index in [1.165, 1.54) is 18.4 Å². The van der Waals surface area contributed by atoms with Crippen molar-refractivity contribution in [1.82, 2.24) is 15.3 Å². The molecule has 0 aliphatic heterocycles. The van der Waals surface area contributed by atoms with Crippen LogP contribution in [0.4, 0.5) is 0 Å². The highest BCUT2D eigenvalue weighted by Crippen LogP contribution is 2.27. The highest BCUT2D eigenvalue weighted by molar-refractivity contribution is 6.33. The van der Waals surface area contributed by atoms with E-state index in [4.69, 9.17) is 11.6 Å². The van der Waals surface area contributed by atoms with E-state index in [9.17, 15) is 0 Å². The van der Waals surface area contributed by atoms with Crippen LogP contribution in [0.25, 0.3) is 11.3 Å². The molecule has 92 valence electrons. The van der Waals surface area contributed by atoms with Gasteiger partial charge in [-0.2, -0.15) is 0 Å². The van der Waals surface area contributed by atoms with E-state index in [-0.39, 0.29) is 0 Å². The lowest BCUT2D eigenvalue weighted by Gasteiger charge is -2.07. The quantitative estimate of drug-likeness (QED) is 0.917. The molecule has 1 fully saturated rings. The molecule has 0 spiro atoms. The Labute approximate surface area is 111 Å². The summed E-state index contributed by atoms with van der Waals surface area (Å²) in [7, 11) is 0. The molecule has 1 aliphatic rings. The summed E-state index contributed by atoms with van der Waals surface area (Å²) < 4.78 is 0. The number of hydrogen-bond donors (Lipinski definition) is 1. The van der Waals surface area contributed by atoms with E-state index >= 15 is 0 Å². The van der Waals surface area contributed by atoms with Crippen molar-refractivity contribution in [3.8, 4) is 11.3 Å². The van der Waals surface area contributed by atoms with Crippen LogP contribution in [0.1, 0.15) is 18.4 Å². The van der Waals surface area contributed by atoms with Crippen LogP contribution in [-0.4, -0.2) is 16.0 Å². The van der Waals surface area contributed by atoms with E-state index in [1.54, 1.807) is 18.6 Å². The Morgan fingerprint density at radius 2 is 2.17 bits per heavy atom. The van der Waals surface area contributed by atoms with Gasteiger partial charge in [0.05, 0.1) is 16.9 Å². The van der Waals surface area contributed by atoms with Crippen molar-refractivity contribution < 1.29 is 0 Å². The normalized spacial score (nSPS) is 14.7. The number of benzene rings is 1. The van der Waals surface area contributed by atoms with Crippen LogP contribution in [0.3, 0.4) is 0 Å². The molecule has 3 nitrogen and oxygen atoms in total. The summed E-state index contributed by atoms with van der Waals surface area (Å²) in [6.45, 7) is 0.880. The van der Waals surface area contributed by atoms with Gasteiger partial charge in [0.25, 0.3) is 0 Å². The van der Waals surface area contributed by atoms with Gasteiger partial charge in [0.2, 0.25) is 0 Å². The van der Waals surface area contributed by atoms with Crippen LogP contribution >= 0.6 is 11.6 Å². The molecule has 4 heteroatoms. The van der Waals surface area contributed by atoms with E-state index in [2.05, 4.69) is 21.4 Å². The van der Waals surface area contributed by atoms with E-state index in [0.29, 0.717) is 6.04 Å². The lowest BCUT2D eigenvalue weighted by Crippen LogP contribution is -2.15. The second-order valence-corrected chi connectivity index (χ2v) is 4.97. The summed E-state index contributed by atoms with van der Waals surface area (Å²) >= 11 is 6.30. The van der Waals surface area contributed by atoms with Crippen LogP contribution in [0.15, 0.2) is 36.8 Å². The molecule has 1 N–H and O–H groups in total. The highest BCUT2D eigenvalue weighted by atomic mass is 35.5. The Kier molecular flexibility index (Phi) is 3.26. The van der Waals surface area contributed by atoms with Crippen LogP contribution in [0.5, 0.6) is 0 Å². The molecule has 0 amide bonds. The Morgan fingerprint density at radius 1 is 1.28 bits per heavy atom. The van der Waals surface area contributed by atoms with Gasteiger partial charge in [-0.05, 0) is 24.5 Å². The summed E-state index contributed by atoms with van der Waals surface area (Å²) in [5.74, 6) is 0. The molecule has 0 atom stereocenters. The van der Waals surface area contributed by atoms with Gasteiger partial charge in [-0.1, -0.05) is 23.7 Å². The number of nitrogens with one attached hydrogen (secondary N) is 1. The molecule has 1 saturated carbocycles. The molecule has 1 aromatic carbocycles. The maximum Gasteiger partial charge on any atom is 0.0900 e. The zero-order valence-electron chi connectivity index (χ0n) is 9.94. The van der Waals surface area contributed by atoms with Crippen molar-refractivity contribution in [2.24, 2.45) is 0 Å². The van der Waals surface area contributed by atoms with Gasteiger partial charge in [-0.3, -0.25) is 9.97 Å². The SMILES string of the molecule is Clc1cc(CNC2CC2)ccc1-c1cnccn1. The Hall–Kier alpha value is -1.45. The molecule has 0 bridgehead atoms. The standard InChI is InChI=1S/C14H14ClN3/c15-13-7-10(8-18-11-2-3-11)1-4-12(13)14-9-16-5-6-17-14/h1,4-7,9,11,18H,2-3,8H2. The Balaban J connectivity index is 1.80. The van der Waals surface area contributed by atoms with Crippen molar-refractivity contribution in [1.29, 1.82) is 0 Å². The van der Waals surface area contributed by atoms with Gasteiger partial charge >= 0.3 is 0 Å². The van der Waals surface area contributed by atoms with Gasteiger partial charge in [-0.15, -0.1) is 0 Å². The highest BCUT2D eigenvalue weighted by Gasteiger charge is 2.20. The minimum absolute atomic E-state index is 0.712. The summed E-state index contributed by atoms with van der Waals surface area (Å²) in [5, 5.41) is 4.20. The number of aromatic nitrogens is 2. The molecule has 0 saturated heterocycles. The average molecular weight is 260 g/mol. The summed E-state index contributed by atoms with van der Waals surface area (Å²) in [4.78, 5) is 8.32. The first-order chi connectivity index (χ1) is 8.83. The smallest absolute Gasteiger partial charge is 0.0900 e. The van der Waals surface area contributed by atoms with Crippen LogP contribution in [0.2, 0.25) is 5.02 Å². The topological polar surface area (TPSA) is 37.8 Å². The average Bonchev–Trinajstić information content (AvgIpc) is 3.21. The first kappa shape index (κ1) is 11.6. The molecule has 18 heavy (non-hydrogen) atoms. The molecule has 3 rings (SSSR count). The van der Waals surface area contributed by atoms with Gasteiger partial charge < -0.3 is 5.32 Å². The first-order valence-corrected chi connectivity index (χ1v) is 6.49. The Bertz CT molecular complexity index is 538. The predicted octanol–water partition coefficient (Wildman–Crippen LogP) is 3.05. The summed E-state index contributed by atoms with van der Waals surface area (Å²) in [5.41, 5.74) is 2.95. The number of hydrogen-bond acceptors (Lipinski definition) is 3. The molecule has 2 aromatic rings. The molecule has 0 unspecified atom stereocenters. The third-order valence-corrected chi connectivity index (χ3v) is 3.36. The van der Waals surface area contributed by atoms with E-state index < -0.39 is 0 Å². The first-order valence-electron chi connectivity index (χ1n) is 6.11. The molecule has 1 aromatic heterocycles. The van der Waals surface area contributed by atoms with E-state index in [1.807, 2.05) is 12.1 Å². The molecular formula is C14H14ClN3. The number of nitrogens with zero attached hydrogens (tertiary/aromatic N) is 2. The lowest BCUT2D eigenvalue weighted by molar-refractivity contribution is 0.688. The lowest BCUT2D eigenvalue weighted by atomic mass is 10.1. The monoisotopic (exact) mass is 259 g/mol. The fourth-order valence-corrected chi connectivity index (χ4v) is 2.16. The number of halogens is 1. The van der Waals surface area contributed by atoms with Gasteiger partial charge in [0, 0.05) is 30.5 Å². The third-order valence-electron chi connectivity index (χ3n) is 3.04. The van der Waals surface area contributed by atoms with Crippen LogP contribution in [-0.2, 0) is 6.54 Å². The van der Waals surface area contributed by atoms with E-state index in [0.717, 1.165) is 22.8 Å². The van der Waals surface area contributed by atoms with Crippen LogP contribution in [0, 0.1) is 0 Å². The van der Waals surface area contributed by atoms with Crippen LogP contribution < -0.4 is 5.32 Å². The van der Waals surface area contributed by atoms with Crippen molar-refractivity contribution in [3.63, 3.8) is 0 Å². The van der Waals surface area contributed by atoms with Crippen molar-refractivity contribution >= 4 is 11.6 Å². The molecular weight excluding hydrogens is 246 g/mol. The van der Waals surface area contributed by atoms with Crippen molar-refractivity contribution in [2.75, 3.05) is 0 Å². The maximum atomic E-state index is 6.30. The zero-order valence-corrected chi connectivity index (χ0v) is 10.7. The van der Waals surface area contributed by atoms with Gasteiger partial charge in [-0.25, -0.2) is 0 Å². The Morgan fingerprint density at radius 3 is 2.83 bits per heavy atom.